The number of pyridine rings is 1. The summed E-state index contributed by atoms with van der Waals surface area (Å²) in [5, 5.41) is 0. The Morgan fingerprint density at radius 3 is 2.60 bits per heavy atom. The highest BCUT2D eigenvalue weighted by Crippen LogP contribution is 2.21. The van der Waals surface area contributed by atoms with Gasteiger partial charge < -0.3 is 15.2 Å². The Bertz CT molecular complexity index is 565. The summed E-state index contributed by atoms with van der Waals surface area (Å²) in [6, 6.07) is 3.07. The largest absolute Gasteiger partial charge is 0.398 e. The van der Waals surface area contributed by atoms with Gasteiger partial charge in [-0.1, -0.05) is 0 Å². The van der Waals surface area contributed by atoms with Crippen LogP contribution < -0.4 is 11.3 Å². The highest BCUT2D eigenvalue weighted by molar-refractivity contribution is 5.86. The van der Waals surface area contributed by atoms with Crippen molar-refractivity contribution in [2.45, 2.75) is 25.9 Å². The molecule has 0 unspecified atom stereocenters. The fraction of sp³-hybridized carbons (Fsp3) is 0.571. The first-order chi connectivity index (χ1) is 9.32. The van der Waals surface area contributed by atoms with Gasteiger partial charge in [0.25, 0.3) is 5.56 Å². The maximum Gasteiger partial charge on any atom is 0.250 e. The van der Waals surface area contributed by atoms with Gasteiger partial charge in [-0.25, -0.2) is 0 Å². The van der Waals surface area contributed by atoms with Gasteiger partial charge in [0, 0.05) is 51.2 Å². The first kappa shape index (κ1) is 14.6. The van der Waals surface area contributed by atoms with Crippen molar-refractivity contribution < 1.29 is 4.79 Å². The summed E-state index contributed by atoms with van der Waals surface area (Å²) in [5.41, 5.74) is 5.66. The maximum absolute atomic E-state index is 12.2. The predicted octanol–water partition coefficient (Wildman–Crippen LogP) is -0.0169. The molecule has 1 aromatic heterocycles. The predicted molar refractivity (Wildman–Crippen MR) is 78.4 cm³/mol. The third-order valence-corrected chi connectivity index (χ3v) is 3.98. The molecular formula is C14H22N4O2. The van der Waals surface area contributed by atoms with Gasteiger partial charge in [-0.15, -0.1) is 0 Å². The van der Waals surface area contributed by atoms with Crippen molar-refractivity contribution in [3.05, 3.63) is 28.7 Å². The minimum absolute atomic E-state index is 0.0718. The van der Waals surface area contributed by atoms with Crippen LogP contribution in [0.5, 0.6) is 0 Å². The summed E-state index contributed by atoms with van der Waals surface area (Å²) in [4.78, 5) is 27.8. The molecular weight excluding hydrogens is 256 g/mol. The van der Waals surface area contributed by atoms with Gasteiger partial charge in [-0.05, 0) is 19.9 Å². The number of hydrogen-bond donors (Lipinski definition) is 1. The fourth-order valence-electron chi connectivity index (χ4n) is 2.60. The summed E-state index contributed by atoms with van der Waals surface area (Å²) < 4.78 is 1.59. The summed E-state index contributed by atoms with van der Waals surface area (Å²) >= 11 is 0. The van der Waals surface area contributed by atoms with Crippen LogP contribution in [0.25, 0.3) is 0 Å². The van der Waals surface area contributed by atoms with Crippen molar-refractivity contribution >= 4 is 11.6 Å². The molecule has 6 nitrogen and oxygen atoms in total. The molecule has 0 aliphatic carbocycles. The number of piperazine rings is 1. The molecule has 1 fully saturated rings. The molecule has 2 heterocycles. The van der Waals surface area contributed by atoms with E-state index in [4.69, 9.17) is 5.73 Å². The van der Waals surface area contributed by atoms with Crippen LogP contribution in [-0.2, 0) is 11.3 Å². The molecule has 2 N–H and O–H groups in total. The number of hydrogen-bond acceptors (Lipinski definition) is 4. The average molecular weight is 278 g/mol. The van der Waals surface area contributed by atoms with Gasteiger partial charge in [-0.3, -0.25) is 14.5 Å². The number of nitrogens with two attached hydrogens (primary N) is 1. The zero-order chi connectivity index (χ0) is 14.9. The van der Waals surface area contributed by atoms with Crippen LogP contribution in [-0.4, -0.2) is 52.5 Å². The third kappa shape index (κ3) is 2.70. The minimum atomic E-state index is -0.531. The van der Waals surface area contributed by atoms with Gasteiger partial charge in [0.1, 0.15) is 0 Å². The van der Waals surface area contributed by atoms with E-state index in [-0.39, 0.29) is 11.5 Å². The summed E-state index contributed by atoms with van der Waals surface area (Å²) in [5.74, 6) is 0.115. The normalized spacial score (nSPS) is 19.4. The average Bonchev–Trinajstić information content (AvgIpc) is 2.39. The summed E-state index contributed by atoms with van der Waals surface area (Å²) in [7, 11) is 1.82. The van der Waals surface area contributed by atoms with Gasteiger partial charge >= 0.3 is 0 Å². The molecule has 20 heavy (non-hydrogen) atoms. The first-order valence-electron chi connectivity index (χ1n) is 6.79. The van der Waals surface area contributed by atoms with Gasteiger partial charge in [0.2, 0.25) is 5.91 Å². The molecule has 0 spiro atoms. The number of aromatic nitrogens is 1. The molecule has 6 heteroatoms. The Morgan fingerprint density at radius 2 is 1.90 bits per heavy atom. The van der Waals surface area contributed by atoms with Gasteiger partial charge in [0.15, 0.2) is 0 Å². The van der Waals surface area contributed by atoms with Crippen LogP contribution in [0, 0.1) is 0 Å². The standard InChI is InChI=1S/C14H22N4O2/c1-14(2)13(20)16(3)6-8-18(14)9-7-17-10-11(15)4-5-12(17)19/h4-5,10H,6-9,15H2,1-3H3. The van der Waals surface area contributed by atoms with E-state index in [0.29, 0.717) is 25.3 Å². The topological polar surface area (TPSA) is 71.6 Å². The highest BCUT2D eigenvalue weighted by Gasteiger charge is 2.39. The Kier molecular flexibility index (Phi) is 3.85. The summed E-state index contributed by atoms with van der Waals surface area (Å²) in [6.45, 7) is 6.56. The Morgan fingerprint density at radius 1 is 1.20 bits per heavy atom. The first-order valence-corrected chi connectivity index (χ1v) is 6.79. The number of rotatable bonds is 3. The van der Waals surface area contributed by atoms with E-state index < -0.39 is 5.54 Å². The second-order valence-corrected chi connectivity index (χ2v) is 5.77. The van der Waals surface area contributed by atoms with Crippen LogP contribution in [0.4, 0.5) is 5.69 Å². The number of anilines is 1. The zero-order valence-electron chi connectivity index (χ0n) is 12.3. The van der Waals surface area contributed by atoms with Crippen LogP contribution in [0.15, 0.2) is 23.1 Å². The van der Waals surface area contributed by atoms with E-state index >= 15 is 0 Å². The molecule has 0 bridgehead atoms. The number of amides is 1. The van der Waals surface area contributed by atoms with E-state index in [1.807, 2.05) is 20.9 Å². The van der Waals surface area contributed by atoms with Crippen LogP contribution >= 0.6 is 0 Å². The van der Waals surface area contributed by atoms with Crippen LogP contribution in [0.1, 0.15) is 13.8 Å². The molecule has 0 saturated carbocycles. The molecule has 1 aliphatic heterocycles. The van der Waals surface area contributed by atoms with E-state index in [2.05, 4.69) is 4.90 Å². The SMILES string of the molecule is CN1CCN(CCn2cc(N)ccc2=O)C(C)(C)C1=O. The smallest absolute Gasteiger partial charge is 0.250 e. The highest BCUT2D eigenvalue weighted by atomic mass is 16.2. The second-order valence-electron chi connectivity index (χ2n) is 5.77. The third-order valence-electron chi connectivity index (χ3n) is 3.98. The van der Waals surface area contributed by atoms with Crippen molar-refractivity contribution in [1.82, 2.24) is 14.4 Å². The number of carbonyl (C=O) groups is 1. The quantitative estimate of drug-likeness (QED) is 0.843. The molecule has 1 amide bonds. The van der Waals surface area contributed by atoms with Gasteiger partial charge in [-0.2, -0.15) is 0 Å². The zero-order valence-corrected chi connectivity index (χ0v) is 12.3. The summed E-state index contributed by atoms with van der Waals surface area (Å²) in [6.07, 6.45) is 1.65. The van der Waals surface area contributed by atoms with E-state index in [1.54, 1.807) is 21.7 Å². The lowest BCUT2D eigenvalue weighted by atomic mass is 9.98. The van der Waals surface area contributed by atoms with E-state index in [1.165, 1.54) is 6.07 Å². The van der Waals surface area contributed by atoms with Gasteiger partial charge in [0.05, 0.1) is 5.54 Å². The van der Waals surface area contributed by atoms with Crippen molar-refractivity contribution in [3.8, 4) is 0 Å². The number of likely N-dealkylation sites (N-methyl/N-ethyl adjacent to an activating group) is 1. The van der Waals surface area contributed by atoms with E-state index in [0.717, 1.165) is 6.54 Å². The van der Waals surface area contributed by atoms with Crippen molar-refractivity contribution in [3.63, 3.8) is 0 Å². The second kappa shape index (κ2) is 5.28. The molecule has 0 radical (unpaired) electrons. The van der Waals surface area contributed by atoms with E-state index in [9.17, 15) is 9.59 Å². The Labute approximate surface area is 118 Å². The van der Waals surface area contributed by atoms with Crippen molar-refractivity contribution in [2.75, 3.05) is 32.4 Å². The molecule has 0 aromatic carbocycles. The molecule has 1 aromatic rings. The lowest BCUT2D eigenvalue weighted by Gasteiger charge is -2.44. The molecule has 0 atom stereocenters. The lowest BCUT2D eigenvalue weighted by molar-refractivity contribution is -0.147. The van der Waals surface area contributed by atoms with Crippen LogP contribution in [0.2, 0.25) is 0 Å². The molecule has 1 aliphatic rings. The van der Waals surface area contributed by atoms with Crippen LogP contribution in [0.3, 0.4) is 0 Å². The Hall–Kier alpha value is -1.82. The number of carbonyl (C=O) groups excluding carboxylic acids is 1. The number of nitrogen functional groups attached to an aromatic ring is 1. The minimum Gasteiger partial charge on any atom is -0.398 e. The molecule has 2 rings (SSSR count). The molecule has 1 saturated heterocycles. The maximum atomic E-state index is 12.2. The number of nitrogens with zero attached hydrogens (tertiary/aromatic N) is 3. The molecule has 110 valence electrons. The van der Waals surface area contributed by atoms with Crippen molar-refractivity contribution in [2.24, 2.45) is 0 Å². The lowest BCUT2D eigenvalue weighted by Crippen LogP contribution is -2.62. The monoisotopic (exact) mass is 278 g/mol. The Balaban J connectivity index is 2.09. The van der Waals surface area contributed by atoms with Crippen molar-refractivity contribution in [1.29, 1.82) is 0 Å². The fourth-order valence-corrected chi connectivity index (χ4v) is 2.60.